The first-order chi connectivity index (χ1) is 10.3. The Bertz CT molecular complexity index is 704. The van der Waals surface area contributed by atoms with Crippen molar-refractivity contribution in [1.29, 1.82) is 0 Å². The predicted octanol–water partition coefficient (Wildman–Crippen LogP) is 2.89. The summed E-state index contributed by atoms with van der Waals surface area (Å²) in [5.74, 6) is -0.883. The Hall–Kier alpha value is -2.23. The second kappa shape index (κ2) is 6.26. The Morgan fingerprint density at radius 3 is 2.73 bits per heavy atom. The zero-order chi connectivity index (χ0) is 16.3. The van der Waals surface area contributed by atoms with Gasteiger partial charge in [-0.25, -0.2) is 5.43 Å². The third kappa shape index (κ3) is 3.70. The van der Waals surface area contributed by atoms with Gasteiger partial charge in [0.15, 0.2) is 10.8 Å². The summed E-state index contributed by atoms with van der Waals surface area (Å²) in [5, 5.41) is 6.71. The van der Waals surface area contributed by atoms with Gasteiger partial charge in [-0.15, -0.1) is 11.3 Å². The van der Waals surface area contributed by atoms with Crippen LogP contribution in [0.2, 0.25) is 0 Å². The molecular weight excluding hydrogens is 324 g/mol. The van der Waals surface area contributed by atoms with Crippen LogP contribution in [0.25, 0.3) is 0 Å². The van der Waals surface area contributed by atoms with Gasteiger partial charge in [0.2, 0.25) is 0 Å². The first-order valence-electron chi connectivity index (χ1n) is 6.05. The summed E-state index contributed by atoms with van der Waals surface area (Å²) >= 11 is 0.813. The van der Waals surface area contributed by atoms with Crippen LogP contribution in [0.3, 0.4) is 0 Å². The van der Waals surface area contributed by atoms with Crippen molar-refractivity contribution in [1.82, 2.24) is 15.2 Å². The summed E-state index contributed by atoms with van der Waals surface area (Å²) in [5.41, 5.74) is 0.635. The highest BCUT2D eigenvalue weighted by atomic mass is 32.1. The van der Waals surface area contributed by atoms with Crippen molar-refractivity contribution in [3.63, 3.8) is 0 Å². The Morgan fingerprint density at radius 2 is 2.23 bits per heavy atom. The lowest BCUT2D eigenvalue weighted by Crippen LogP contribution is -2.18. The zero-order valence-corrected chi connectivity index (χ0v) is 12.0. The van der Waals surface area contributed by atoms with Crippen LogP contribution in [0.4, 0.5) is 17.6 Å². The number of rotatable bonds is 4. The molecule has 2 aromatic heterocycles. The summed E-state index contributed by atoms with van der Waals surface area (Å²) in [6.45, 7) is 1.45. The number of amides is 1. The molecule has 0 aliphatic carbocycles. The molecule has 0 atom stereocenters. The number of nitrogens with zero attached hydrogens (tertiary/aromatic N) is 3. The minimum atomic E-state index is -4.60. The third-order valence-electron chi connectivity index (χ3n) is 2.55. The smallest absolute Gasteiger partial charge is 0.265 e. The van der Waals surface area contributed by atoms with Crippen LogP contribution in [0.15, 0.2) is 23.3 Å². The molecule has 2 aromatic rings. The fourth-order valence-corrected chi connectivity index (χ4v) is 2.21. The average molecular weight is 334 g/mol. The Balaban J connectivity index is 2.10. The van der Waals surface area contributed by atoms with E-state index < -0.39 is 28.6 Å². The molecular formula is C12H10F4N4OS. The van der Waals surface area contributed by atoms with Gasteiger partial charge in [-0.1, -0.05) is 0 Å². The summed E-state index contributed by atoms with van der Waals surface area (Å²) in [7, 11) is 0. The molecule has 2 heterocycles. The highest BCUT2D eigenvalue weighted by Gasteiger charge is 2.36. The molecule has 0 fully saturated rings. The van der Waals surface area contributed by atoms with E-state index in [9.17, 15) is 22.4 Å². The number of hydrogen-bond donors (Lipinski definition) is 1. The highest BCUT2D eigenvalue weighted by Crippen LogP contribution is 2.29. The largest absolute Gasteiger partial charge is 0.433 e. The topological polar surface area (TPSA) is 59.3 Å². The number of aromatic nitrogens is 2. The van der Waals surface area contributed by atoms with Crippen molar-refractivity contribution in [2.45, 2.75) is 19.6 Å². The Kier molecular flexibility index (Phi) is 4.59. The van der Waals surface area contributed by atoms with E-state index in [0.717, 1.165) is 11.3 Å². The van der Waals surface area contributed by atoms with Gasteiger partial charge in [0.25, 0.3) is 5.91 Å². The molecule has 5 nitrogen and oxygen atoms in total. The molecule has 22 heavy (non-hydrogen) atoms. The maximum atomic E-state index is 12.7. The second-order valence-electron chi connectivity index (χ2n) is 4.07. The van der Waals surface area contributed by atoms with Crippen LogP contribution in [-0.2, 0) is 12.7 Å². The van der Waals surface area contributed by atoms with Crippen LogP contribution in [0.1, 0.15) is 28.0 Å². The van der Waals surface area contributed by atoms with E-state index in [2.05, 4.69) is 10.2 Å². The van der Waals surface area contributed by atoms with Gasteiger partial charge in [0, 0.05) is 12.6 Å². The predicted molar refractivity (Wildman–Crippen MR) is 72.2 cm³/mol. The number of carbonyl (C=O) groups excluding carboxylic acids is 1. The van der Waals surface area contributed by atoms with Crippen molar-refractivity contribution in [3.05, 3.63) is 39.6 Å². The number of alkyl halides is 3. The van der Waals surface area contributed by atoms with Gasteiger partial charge in [0.1, 0.15) is 5.69 Å². The molecule has 118 valence electrons. The molecule has 0 spiro atoms. The molecule has 0 radical (unpaired) electrons. The number of carbonyl (C=O) groups is 1. The van der Waals surface area contributed by atoms with Crippen molar-refractivity contribution >= 4 is 23.5 Å². The molecule has 0 aliphatic heterocycles. The number of halogens is 4. The molecule has 2 rings (SSSR count). The SMILES string of the molecule is CCn1nc(C(=O)N/N=C/c2ccc(F)s2)cc1C(F)(F)F. The number of aryl methyl sites for hydroxylation is 1. The first-order valence-corrected chi connectivity index (χ1v) is 6.86. The van der Waals surface area contributed by atoms with Gasteiger partial charge in [0.05, 0.1) is 11.1 Å². The Labute approximate surface area is 126 Å². The second-order valence-corrected chi connectivity index (χ2v) is 5.13. The van der Waals surface area contributed by atoms with Crippen molar-refractivity contribution in [3.8, 4) is 0 Å². The van der Waals surface area contributed by atoms with Crippen LogP contribution >= 0.6 is 11.3 Å². The normalized spacial score (nSPS) is 12.0. The highest BCUT2D eigenvalue weighted by molar-refractivity contribution is 7.12. The minimum Gasteiger partial charge on any atom is -0.265 e. The van der Waals surface area contributed by atoms with E-state index >= 15 is 0 Å². The van der Waals surface area contributed by atoms with E-state index in [0.29, 0.717) is 15.6 Å². The van der Waals surface area contributed by atoms with E-state index in [-0.39, 0.29) is 6.54 Å². The van der Waals surface area contributed by atoms with Crippen LogP contribution in [-0.4, -0.2) is 21.9 Å². The number of thiophene rings is 1. The van der Waals surface area contributed by atoms with E-state index in [4.69, 9.17) is 0 Å². The molecule has 0 saturated heterocycles. The molecule has 0 saturated carbocycles. The van der Waals surface area contributed by atoms with E-state index in [1.54, 1.807) is 0 Å². The monoisotopic (exact) mass is 334 g/mol. The van der Waals surface area contributed by atoms with Gasteiger partial charge in [-0.3, -0.25) is 9.48 Å². The van der Waals surface area contributed by atoms with E-state index in [1.165, 1.54) is 25.3 Å². The zero-order valence-electron chi connectivity index (χ0n) is 11.2. The molecule has 0 unspecified atom stereocenters. The van der Waals surface area contributed by atoms with Crippen molar-refractivity contribution in [2.75, 3.05) is 0 Å². The summed E-state index contributed by atoms with van der Waals surface area (Å²) in [6, 6.07) is 3.33. The van der Waals surface area contributed by atoms with Crippen LogP contribution < -0.4 is 5.43 Å². The summed E-state index contributed by atoms with van der Waals surface area (Å²) in [4.78, 5) is 12.2. The summed E-state index contributed by atoms with van der Waals surface area (Å²) < 4.78 is 51.6. The molecule has 10 heteroatoms. The first kappa shape index (κ1) is 16.1. The number of nitrogens with one attached hydrogen (secondary N) is 1. The van der Waals surface area contributed by atoms with Crippen LogP contribution in [0, 0.1) is 5.13 Å². The molecule has 0 bridgehead atoms. The Morgan fingerprint density at radius 1 is 1.50 bits per heavy atom. The lowest BCUT2D eigenvalue weighted by molar-refractivity contribution is -0.144. The quantitative estimate of drug-likeness (QED) is 0.531. The van der Waals surface area contributed by atoms with Gasteiger partial charge in [-0.2, -0.15) is 27.8 Å². The van der Waals surface area contributed by atoms with Crippen molar-refractivity contribution < 1.29 is 22.4 Å². The average Bonchev–Trinajstić information content (AvgIpc) is 3.04. The molecule has 1 amide bonds. The fourth-order valence-electron chi connectivity index (χ4n) is 1.61. The van der Waals surface area contributed by atoms with Gasteiger partial charge in [-0.05, 0) is 19.1 Å². The molecule has 1 N–H and O–H groups in total. The molecule has 0 aliphatic rings. The minimum absolute atomic E-state index is 0.0279. The number of hydrogen-bond acceptors (Lipinski definition) is 4. The van der Waals surface area contributed by atoms with E-state index in [1.807, 2.05) is 5.43 Å². The standard InChI is InChI=1S/C12H10F4N4OS/c1-2-20-9(12(14,15)16)5-8(19-20)11(21)18-17-6-7-3-4-10(13)22-7/h3-6H,2H2,1H3,(H,18,21)/b17-6+. The number of hydrazone groups is 1. The van der Waals surface area contributed by atoms with Crippen LogP contribution in [0.5, 0.6) is 0 Å². The lowest BCUT2D eigenvalue weighted by atomic mass is 10.3. The van der Waals surface area contributed by atoms with Gasteiger partial charge >= 0.3 is 6.18 Å². The molecule has 0 aromatic carbocycles. The summed E-state index contributed by atoms with van der Waals surface area (Å²) in [6.07, 6.45) is -3.41. The van der Waals surface area contributed by atoms with Gasteiger partial charge < -0.3 is 0 Å². The lowest BCUT2D eigenvalue weighted by Gasteiger charge is -2.06. The van der Waals surface area contributed by atoms with Crippen molar-refractivity contribution in [2.24, 2.45) is 5.10 Å². The fraction of sp³-hybridized carbons (Fsp3) is 0.250. The maximum Gasteiger partial charge on any atom is 0.433 e. The maximum absolute atomic E-state index is 12.7. The third-order valence-corrected chi connectivity index (χ3v) is 3.36.